The number of alkyl carbamates (subject to hydrolysis) is 1. The van der Waals surface area contributed by atoms with Crippen LogP contribution in [0.5, 0.6) is 0 Å². The number of ether oxygens (including phenoxy) is 1. The molecule has 1 fully saturated rings. The average molecular weight is 484 g/mol. The zero-order valence-electron chi connectivity index (χ0n) is 20.9. The maximum absolute atomic E-state index is 14.5. The fourth-order valence-corrected chi connectivity index (χ4v) is 4.17. The zero-order chi connectivity index (χ0) is 25.8. The highest BCUT2D eigenvalue weighted by Gasteiger charge is 2.55. The number of carbonyl (C=O) groups is 3. The summed E-state index contributed by atoms with van der Waals surface area (Å²) in [5.41, 5.74) is 0.736. The molecule has 0 aliphatic heterocycles. The van der Waals surface area contributed by atoms with Gasteiger partial charge in [0.1, 0.15) is 11.4 Å². The SMILES string of the molecule is CNC(=O)c1ccc(C[C@@H](CNC(=O)[C@@H]2C[C@@]2(C)c2ccccc2)NC(=O)OC(C)(C)C)cc1F. The lowest BCUT2D eigenvalue weighted by molar-refractivity contribution is -0.122. The fourth-order valence-electron chi connectivity index (χ4n) is 4.17. The second-order valence-corrected chi connectivity index (χ2v) is 10.2. The minimum atomic E-state index is -0.690. The van der Waals surface area contributed by atoms with Crippen molar-refractivity contribution < 1.29 is 23.5 Å². The summed E-state index contributed by atoms with van der Waals surface area (Å²) in [4.78, 5) is 37.1. The summed E-state index contributed by atoms with van der Waals surface area (Å²) in [7, 11) is 1.43. The fraction of sp³-hybridized carbons (Fsp3) is 0.444. The van der Waals surface area contributed by atoms with E-state index in [2.05, 4.69) is 22.9 Å². The number of halogens is 1. The van der Waals surface area contributed by atoms with Crippen molar-refractivity contribution >= 4 is 17.9 Å². The largest absolute Gasteiger partial charge is 0.444 e. The molecule has 1 aliphatic carbocycles. The Labute approximate surface area is 205 Å². The van der Waals surface area contributed by atoms with Crippen LogP contribution < -0.4 is 16.0 Å². The van der Waals surface area contributed by atoms with Gasteiger partial charge in [0.05, 0.1) is 11.6 Å². The van der Waals surface area contributed by atoms with E-state index in [1.54, 1.807) is 26.8 Å². The summed E-state index contributed by atoms with van der Waals surface area (Å²) in [5, 5.41) is 8.12. The molecule has 0 spiro atoms. The summed E-state index contributed by atoms with van der Waals surface area (Å²) in [6.07, 6.45) is 0.365. The first kappa shape index (κ1) is 26.2. The summed E-state index contributed by atoms with van der Waals surface area (Å²) < 4.78 is 19.8. The lowest BCUT2D eigenvalue weighted by atomic mass is 9.95. The summed E-state index contributed by atoms with van der Waals surface area (Å²) in [6.45, 7) is 7.49. The average Bonchev–Trinajstić information content (AvgIpc) is 3.49. The number of amides is 3. The Morgan fingerprint density at radius 2 is 1.83 bits per heavy atom. The molecule has 35 heavy (non-hydrogen) atoms. The van der Waals surface area contributed by atoms with Crippen LogP contribution in [-0.2, 0) is 21.4 Å². The smallest absolute Gasteiger partial charge is 0.407 e. The molecule has 0 radical (unpaired) electrons. The van der Waals surface area contributed by atoms with E-state index in [1.807, 2.05) is 30.3 Å². The van der Waals surface area contributed by atoms with E-state index in [1.165, 1.54) is 19.2 Å². The molecular weight excluding hydrogens is 449 g/mol. The topological polar surface area (TPSA) is 96.5 Å². The van der Waals surface area contributed by atoms with E-state index in [9.17, 15) is 18.8 Å². The van der Waals surface area contributed by atoms with Gasteiger partial charge in [-0.2, -0.15) is 0 Å². The molecule has 0 aromatic heterocycles. The number of hydrogen-bond acceptors (Lipinski definition) is 4. The highest BCUT2D eigenvalue weighted by atomic mass is 19.1. The van der Waals surface area contributed by atoms with Crippen LogP contribution in [0.15, 0.2) is 48.5 Å². The van der Waals surface area contributed by atoms with Crippen LogP contribution >= 0.6 is 0 Å². The molecule has 3 amide bonds. The van der Waals surface area contributed by atoms with Gasteiger partial charge in [-0.05, 0) is 56.9 Å². The van der Waals surface area contributed by atoms with Crippen molar-refractivity contribution in [2.75, 3.05) is 13.6 Å². The van der Waals surface area contributed by atoms with Crippen LogP contribution in [0.25, 0.3) is 0 Å². The molecule has 0 saturated heterocycles. The third-order valence-corrected chi connectivity index (χ3v) is 6.22. The van der Waals surface area contributed by atoms with Gasteiger partial charge in [-0.25, -0.2) is 9.18 Å². The molecule has 3 atom stereocenters. The lowest BCUT2D eigenvalue weighted by Gasteiger charge is -2.24. The van der Waals surface area contributed by atoms with Gasteiger partial charge >= 0.3 is 6.09 Å². The lowest BCUT2D eigenvalue weighted by Crippen LogP contribution is -2.47. The number of benzene rings is 2. The normalized spacial score (nSPS) is 19.9. The Balaban J connectivity index is 1.68. The summed E-state index contributed by atoms with van der Waals surface area (Å²) in [6, 6.07) is 13.7. The number of hydrogen-bond donors (Lipinski definition) is 3. The minimum absolute atomic E-state index is 0.0601. The van der Waals surface area contributed by atoms with E-state index in [4.69, 9.17) is 4.74 Å². The van der Waals surface area contributed by atoms with Crippen molar-refractivity contribution in [2.45, 2.75) is 57.6 Å². The Kier molecular flexibility index (Phi) is 7.83. The Morgan fingerprint density at radius 3 is 2.43 bits per heavy atom. The van der Waals surface area contributed by atoms with Crippen LogP contribution in [0.4, 0.5) is 9.18 Å². The van der Waals surface area contributed by atoms with Crippen molar-refractivity contribution in [3.05, 3.63) is 71.0 Å². The third kappa shape index (κ3) is 6.81. The molecule has 3 rings (SSSR count). The van der Waals surface area contributed by atoms with Crippen molar-refractivity contribution in [1.82, 2.24) is 16.0 Å². The quantitative estimate of drug-likeness (QED) is 0.533. The van der Waals surface area contributed by atoms with E-state index in [0.29, 0.717) is 5.56 Å². The first-order valence-corrected chi connectivity index (χ1v) is 11.8. The van der Waals surface area contributed by atoms with Crippen molar-refractivity contribution in [2.24, 2.45) is 5.92 Å². The molecule has 3 N–H and O–H groups in total. The molecule has 188 valence electrons. The molecule has 2 aromatic carbocycles. The number of carbonyl (C=O) groups excluding carboxylic acids is 3. The Morgan fingerprint density at radius 1 is 1.14 bits per heavy atom. The second-order valence-electron chi connectivity index (χ2n) is 10.2. The van der Waals surface area contributed by atoms with Gasteiger partial charge in [0.15, 0.2) is 0 Å². The van der Waals surface area contributed by atoms with Crippen LogP contribution in [0.1, 0.15) is 55.6 Å². The van der Waals surface area contributed by atoms with E-state index in [0.717, 1.165) is 12.0 Å². The Hall–Kier alpha value is -3.42. The molecule has 1 aliphatic rings. The predicted molar refractivity (Wildman–Crippen MR) is 132 cm³/mol. The molecule has 8 heteroatoms. The van der Waals surface area contributed by atoms with Gasteiger partial charge < -0.3 is 20.7 Å². The minimum Gasteiger partial charge on any atom is -0.444 e. The van der Waals surface area contributed by atoms with Crippen LogP contribution in [0.2, 0.25) is 0 Å². The predicted octanol–water partition coefficient (Wildman–Crippen LogP) is 3.72. The van der Waals surface area contributed by atoms with Gasteiger partial charge in [0, 0.05) is 24.9 Å². The highest BCUT2D eigenvalue weighted by Crippen LogP contribution is 2.53. The van der Waals surface area contributed by atoms with Gasteiger partial charge in [-0.3, -0.25) is 9.59 Å². The van der Waals surface area contributed by atoms with Crippen molar-refractivity contribution in [3.63, 3.8) is 0 Å². The molecule has 0 heterocycles. The summed E-state index contributed by atoms with van der Waals surface area (Å²) >= 11 is 0. The van der Waals surface area contributed by atoms with E-state index < -0.39 is 29.5 Å². The maximum Gasteiger partial charge on any atom is 0.407 e. The molecule has 7 nitrogen and oxygen atoms in total. The maximum atomic E-state index is 14.5. The third-order valence-electron chi connectivity index (χ3n) is 6.22. The van der Waals surface area contributed by atoms with E-state index in [-0.39, 0.29) is 35.8 Å². The van der Waals surface area contributed by atoms with Crippen molar-refractivity contribution in [3.8, 4) is 0 Å². The van der Waals surface area contributed by atoms with Crippen LogP contribution in [-0.4, -0.2) is 43.1 Å². The Bertz CT molecular complexity index is 1080. The molecule has 0 unspecified atom stereocenters. The molecule has 0 bridgehead atoms. The standard InChI is InChI=1S/C27H34FN3O4/c1-26(2,3)35-25(34)31-19(13-17-11-12-20(22(28)14-17)23(32)29-5)16-30-24(33)21-15-27(21,4)18-9-7-6-8-10-18/h6-12,14,19,21H,13,15-16H2,1-5H3,(H,29,32)(H,30,33)(H,31,34)/t19-,21-,27-/m0/s1. The number of rotatable bonds is 8. The van der Waals surface area contributed by atoms with Crippen LogP contribution in [0.3, 0.4) is 0 Å². The number of nitrogens with one attached hydrogen (secondary N) is 3. The van der Waals surface area contributed by atoms with Crippen molar-refractivity contribution in [1.29, 1.82) is 0 Å². The zero-order valence-corrected chi connectivity index (χ0v) is 20.9. The van der Waals surface area contributed by atoms with Gasteiger partial charge in [-0.1, -0.05) is 43.3 Å². The monoisotopic (exact) mass is 483 g/mol. The van der Waals surface area contributed by atoms with Crippen LogP contribution in [0, 0.1) is 11.7 Å². The second kappa shape index (κ2) is 10.5. The molecular formula is C27H34FN3O4. The van der Waals surface area contributed by atoms with Gasteiger partial charge in [0.2, 0.25) is 5.91 Å². The summed E-state index contributed by atoms with van der Waals surface area (Å²) in [5.74, 6) is -1.42. The van der Waals surface area contributed by atoms with Gasteiger partial charge in [0.25, 0.3) is 5.91 Å². The molecule has 1 saturated carbocycles. The first-order valence-electron chi connectivity index (χ1n) is 11.8. The first-order chi connectivity index (χ1) is 16.4. The van der Waals surface area contributed by atoms with E-state index >= 15 is 0 Å². The van der Waals surface area contributed by atoms with Gasteiger partial charge in [-0.15, -0.1) is 0 Å². The molecule has 2 aromatic rings. The highest BCUT2D eigenvalue weighted by molar-refractivity contribution is 5.94.